The first-order valence-corrected chi connectivity index (χ1v) is 5.59. The first kappa shape index (κ1) is 12.9. The molecule has 0 bridgehead atoms. The predicted octanol–water partition coefficient (Wildman–Crippen LogP) is 1.92. The fraction of sp³-hybridized carbons (Fsp3) is 0.909. The van der Waals surface area contributed by atoms with Crippen LogP contribution in [0.3, 0.4) is 0 Å². The fourth-order valence-electron chi connectivity index (χ4n) is 1.26. The Morgan fingerprint density at radius 2 is 1.77 bits per heavy atom. The summed E-state index contributed by atoms with van der Waals surface area (Å²) in [5.41, 5.74) is 0. The molecule has 79 valence electrons. The molecule has 2 nitrogen and oxygen atoms in total. The van der Waals surface area contributed by atoms with E-state index in [1.165, 1.54) is 12.8 Å². The minimum absolute atomic E-state index is 1.13. The van der Waals surface area contributed by atoms with Crippen molar-refractivity contribution in [3.05, 3.63) is 6.42 Å². The summed E-state index contributed by atoms with van der Waals surface area (Å²) in [6.07, 6.45) is 4.79. The summed E-state index contributed by atoms with van der Waals surface area (Å²) in [6, 6.07) is 0. The van der Waals surface area contributed by atoms with E-state index in [1.807, 2.05) is 0 Å². The number of unbranched alkanes of at least 4 members (excludes halogenated alkanes) is 1. The molecular formula is C11H25N2. The highest BCUT2D eigenvalue weighted by atomic mass is 15.1. The first-order chi connectivity index (χ1) is 6.35. The van der Waals surface area contributed by atoms with E-state index >= 15 is 0 Å². The van der Waals surface area contributed by atoms with Crippen molar-refractivity contribution in [1.29, 1.82) is 0 Å². The van der Waals surface area contributed by atoms with Crippen molar-refractivity contribution in [3.8, 4) is 0 Å². The average molecular weight is 185 g/mol. The van der Waals surface area contributed by atoms with E-state index in [4.69, 9.17) is 0 Å². The Labute approximate surface area is 83.7 Å². The second kappa shape index (κ2) is 10.0. The fourth-order valence-corrected chi connectivity index (χ4v) is 1.26. The summed E-state index contributed by atoms with van der Waals surface area (Å²) in [4.78, 5) is 2.43. The van der Waals surface area contributed by atoms with Gasteiger partial charge in [-0.25, -0.2) is 0 Å². The van der Waals surface area contributed by atoms with Crippen LogP contribution in [0.4, 0.5) is 0 Å². The zero-order valence-corrected chi connectivity index (χ0v) is 9.47. The van der Waals surface area contributed by atoms with Crippen molar-refractivity contribution in [2.45, 2.75) is 33.6 Å². The minimum Gasteiger partial charge on any atom is -0.317 e. The lowest BCUT2D eigenvalue weighted by atomic mass is 10.3. The van der Waals surface area contributed by atoms with Gasteiger partial charge in [-0.2, -0.15) is 0 Å². The lowest BCUT2D eigenvalue weighted by Crippen LogP contribution is -2.25. The molecule has 0 aromatic heterocycles. The number of nitrogens with one attached hydrogen (secondary N) is 1. The van der Waals surface area contributed by atoms with Crippen molar-refractivity contribution < 1.29 is 0 Å². The van der Waals surface area contributed by atoms with Crippen LogP contribution < -0.4 is 5.32 Å². The van der Waals surface area contributed by atoms with E-state index in [9.17, 15) is 0 Å². The number of rotatable bonds is 9. The Morgan fingerprint density at radius 3 is 2.31 bits per heavy atom. The molecule has 0 aromatic rings. The molecule has 0 spiro atoms. The van der Waals surface area contributed by atoms with E-state index < -0.39 is 0 Å². The first-order valence-electron chi connectivity index (χ1n) is 5.59. The molecule has 13 heavy (non-hydrogen) atoms. The van der Waals surface area contributed by atoms with Crippen LogP contribution in [0.5, 0.6) is 0 Å². The minimum atomic E-state index is 1.13. The average Bonchev–Trinajstić information content (AvgIpc) is 2.17. The third-order valence-corrected chi connectivity index (χ3v) is 2.23. The maximum Gasteiger partial charge on any atom is 0.00130 e. The van der Waals surface area contributed by atoms with Crippen molar-refractivity contribution >= 4 is 0 Å². The molecule has 0 amide bonds. The van der Waals surface area contributed by atoms with Crippen molar-refractivity contribution in [3.63, 3.8) is 0 Å². The Morgan fingerprint density at radius 1 is 1.08 bits per heavy atom. The third kappa shape index (κ3) is 8.26. The maximum atomic E-state index is 3.40. The number of nitrogens with zero attached hydrogens (tertiary/aromatic N) is 1. The summed E-state index contributed by atoms with van der Waals surface area (Å²) >= 11 is 0. The summed E-state index contributed by atoms with van der Waals surface area (Å²) in [6.45, 7) is 12.4. The SMILES string of the molecule is CCCNCC[CH]CN(CC)CC. The highest BCUT2D eigenvalue weighted by Crippen LogP contribution is 1.92. The van der Waals surface area contributed by atoms with E-state index in [2.05, 4.69) is 37.4 Å². The van der Waals surface area contributed by atoms with E-state index in [0.717, 1.165) is 32.7 Å². The molecule has 0 heterocycles. The van der Waals surface area contributed by atoms with Crippen molar-refractivity contribution in [2.24, 2.45) is 0 Å². The van der Waals surface area contributed by atoms with Crippen LogP contribution in [0.15, 0.2) is 0 Å². The van der Waals surface area contributed by atoms with Gasteiger partial charge < -0.3 is 10.2 Å². The zero-order valence-electron chi connectivity index (χ0n) is 9.47. The summed E-state index contributed by atoms with van der Waals surface area (Å²) in [5, 5.41) is 3.40. The third-order valence-electron chi connectivity index (χ3n) is 2.23. The molecule has 0 saturated carbocycles. The molecule has 0 rings (SSSR count). The second-order valence-electron chi connectivity index (χ2n) is 3.31. The highest BCUT2D eigenvalue weighted by molar-refractivity contribution is 4.70. The normalized spacial score (nSPS) is 11.1. The molecule has 0 fully saturated rings. The van der Waals surface area contributed by atoms with Gasteiger partial charge in [0.1, 0.15) is 0 Å². The second-order valence-corrected chi connectivity index (χ2v) is 3.31. The van der Waals surface area contributed by atoms with Gasteiger partial charge in [0.25, 0.3) is 0 Å². The smallest absolute Gasteiger partial charge is 0.00130 e. The van der Waals surface area contributed by atoms with Crippen LogP contribution in [0.1, 0.15) is 33.6 Å². The van der Waals surface area contributed by atoms with Crippen LogP contribution >= 0.6 is 0 Å². The zero-order chi connectivity index (χ0) is 9.94. The molecule has 1 N–H and O–H groups in total. The molecular weight excluding hydrogens is 160 g/mol. The Kier molecular flexibility index (Phi) is 9.94. The molecule has 1 radical (unpaired) electrons. The van der Waals surface area contributed by atoms with Gasteiger partial charge in [0.05, 0.1) is 0 Å². The van der Waals surface area contributed by atoms with Gasteiger partial charge >= 0.3 is 0 Å². The van der Waals surface area contributed by atoms with Gasteiger partial charge in [-0.05, 0) is 45.4 Å². The van der Waals surface area contributed by atoms with Crippen LogP contribution in [0.2, 0.25) is 0 Å². The van der Waals surface area contributed by atoms with Gasteiger partial charge in [-0.1, -0.05) is 20.8 Å². The van der Waals surface area contributed by atoms with Crippen molar-refractivity contribution in [1.82, 2.24) is 10.2 Å². The van der Waals surface area contributed by atoms with Gasteiger partial charge in [-0.3, -0.25) is 0 Å². The monoisotopic (exact) mass is 185 g/mol. The summed E-state index contributed by atoms with van der Waals surface area (Å²) < 4.78 is 0. The standard InChI is InChI=1S/C11H25N2/c1-4-9-12-10-7-8-11-13(5-2)6-3/h8,12H,4-7,9-11H2,1-3H3. The Hall–Kier alpha value is -0.0800. The number of hydrogen-bond acceptors (Lipinski definition) is 2. The van der Waals surface area contributed by atoms with Crippen molar-refractivity contribution in [2.75, 3.05) is 32.7 Å². The van der Waals surface area contributed by atoms with Gasteiger partial charge in [0.15, 0.2) is 0 Å². The largest absolute Gasteiger partial charge is 0.317 e. The topological polar surface area (TPSA) is 15.3 Å². The molecule has 0 aromatic carbocycles. The molecule has 0 atom stereocenters. The lowest BCUT2D eigenvalue weighted by Gasteiger charge is -2.17. The van der Waals surface area contributed by atoms with Gasteiger partial charge in [0, 0.05) is 6.54 Å². The molecule has 0 aliphatic rings. The summed E-state index contributed by atoms with van der Waals surface area (Å²) in [7, 11) is 0. The van der Waals surface area contributed by atoms with Crippen LogP contribution in [0, 0.1) is 6.42 Å². The predicted molar refractivity (Wildman–Crippen MR) is 59.9 cm³/mol. The van der Waals surface area contributed by atoms with E-state index in [0.29, 0.717) is 0 Å². The Bertz CT molecular complexity index is 90.1. The van der Waals surface area contributed by atoms with E-state index in [-0.39, 0.29) is 0 Å². The van der Waals surface area contributed by atoms with Gasteiger partial charge in [0.2, 0.25) is 0 Å². The quantitative estimate of drug-likeness (QED) is 0.552. The molecule has 0 aliphatic heterocycles. The van der Waals surface area contributed by atoms with E-state index in [1.54, 1.807) is 0 Å². The molecule has 0 saturated heterocycles. The maximum absolute atomic E-state index is 3.40. The van der Waals surface area contributed by atoms with Crippen LogP contribution in [-0.2, 0) is 0 Å². The van der Waals surface area contributed by atoms with Crippen LogP contribution in [-0.4, -0.2) is 37.6 Å². The summed E-state index contributed by atoms with van der Waals surface area (Å²) in [5.74, 6) is 0. The number of hydrogen-bond donors (Lipinski definition) is 1. The molecule has 2 heteroatoms. The lowest BCUT2D eigenvalue weighted by molar-refractivity contribution is 0.324. The Balaban J connectivity index is 3.05. The van der Waals surface area contributed by atoms with Gasteiger partial charge in [-0.15, -0.1) is 0 Å². The highest BCUT2D eigenvalue weighted by Gasteiger charge is 1.97. The van der Waals surface area contributed by atoms with Crippen LogP contribution in [0.25, 0.3) is 0 Å². The molecule has 0 aliphatic carbocycles. The molecule has 0 unspecified atom stereocenters.